The lowest BCUT2D eigenvalue weighted by molar-refractivity contribution is -0.115. The van der Waals surface area contributed by atoms with Crippen molar-refractivity contribution in [2.24, 2.45) is 0 Å². The molecule has 0 spiro atoms. The van der Waals surface area contributed by atoms with Crippen LogP contribution in [0, 0.1) is 13.8 Å². The molecule has 0 saturated heterocycles. The molecule has 3 nitrogen and oxygen atoms in total. The van der Waals surface area contributed by atoms with E-state index in [1.165, 1.54) is 37.5 Å². The minimum Gasteiger partial charge on any atom is -0.497 e. The number of carbonyl (C=O) groups excluding carboxylic acids is 1. The van der Waals surface area contributed by atoms with Crippen LogP contribution in [0.1, 0.15) is 70.2 Å². The van der Waals surface area contributed by atoms with Crippen molar-refractivity contribution in [2.75, 3.05) is 7.11 Å². The van der Waals surface area contributed by atoms with Gasteiger partial charge in [0.1, 0.15) is 17.3 Å². The third-order valence-corrected chi connectivity index (χ3v) is 3.81. The molecule has 2 aromatic carbocycles. The number of carbonyl (C=O) groups is 1. The SMILES string of the molecule is C=C(OC)c1ccc(C)c(C)c1.CC.CC(C)=O.CCCc1cccc(OC(C)F)c1. The van der Waals surface area contributed by atoms with E-state index in [9.17, 15) is 9.18 Å². The van der Waals surface area contributed by atoms with Crippen LogP contribution < -0.4 is 4.74 Å². The van der Waals surface area contributed by atoms with E-state index >= 15 is 0 Å². The first-order chi connectivity index (χ1) is 14.6. The first kappa shape index (κ1) is 30.6. The number of hydrogen-bond donors (Lipinski definition) is 0. The Hall–Kier alpha value is -2.62. The predicted molar refractivity (Wildman–Crippen MR) is 131 cm³/mol. The molecule has 4 heteroatoms. The molecule has 0 N–H and O–H groups in total. The fourth-order valence-corrected chi connectivity index (χ4v) is 2.28. The minimum absolute atomic E-state index is 0.167. The molecule has 0 bridgehead atoms. The van der Waals surface area contributed by atoms with Crippen LogP contribution in [0.25, 0.3) is 5.76 Å². The number of ketones is 1. The lowest BCUT2D eigenvalue weighted by Crippen LogP contribution is -2.03. The van der Waals surface area contributed by atoms with E-state index in [1.807, 2.05) is 38.1 Å². The van der Waals surface area contributed by atoms with E-state index in [4.69, 9.17) is 9.47 Å². The van der Waals surface area contributed by atoms with Gasteiger partial charge in [-0.2, -0.15) is 0 Å². The molecule has 0 heterocycles. The summed E-state index contributed by atoms with van der Waals surface area (Å²) in [7, 11) is 1.64. The molecule has 0 saturated carbocycles. The van der Waals surface area contributed by atoms with Gasteiger partial charge in [-0.15, -0.1) is 0 Å². The fraction of sp³-hybridized carbons (Fsp3) is 0.444. The number of benzene rings is 2. The van der Waals surface area contributed by atoms with Gasteiger partial charge < -0.3 is 14.3 Å². The highest BCUT2D eigenvalue weighted by molar-refractivity contribution is 5.72. The number of hydrogen-bond acceptors (Lipinski definition) is 3. The molecule has 0 aliphatic heterocycles. The van der Waals surface area contributed by atoms with Crippen LogP contribution in [0.3, 0.4) is 0 Å². The summed E-state index contributed by atoms with van der Waals surface area (Å²) in [5.74, 6) is 1.50. The second-order valence-corrected chi connectivity index (χ2v) is 6.89. The van der Waals surface area contributed by atoms with E-state index < -0.39 is 6.36 Å². The van der Waals surface area contributed by atoms with Crippen LogP contribution >= 0.6 is 0 Å². The third-order valence-electron chi connectivity index (χ3n) is 3.81. The number of ether oxygens (including phenoxy) is 2. The quantitative estimate of drug-likeness (QED) is 0.436. The summed E-state index contributed by atoms with van der Waals surface area (Å²) in [6, 6.07) is 13.8. The van der Waals surface area contributed by atoms with Crippen LogP contribution in [0.2, 0.25) is 0 Å². The zero-order chi connectivity index (χ0) is 24.4. The van der Waals surface area contributed by atoms with Crippen LogP contribution in [0.15, 0.2) is 49.0 Å². The number of Topliss-reactive ketones (excluding diaryl/α,β-unsaturated/α-hetero) is 1. The molecule has 0 radical (unpaired) electrons. The van der Waals surface area contributed by atoms with E-state index in [0.29, 0.717) is 5.75 Å². The monoisotopic (exact) mass is 432 g/mol. The van der Waals surface area contributed by atoms with Crippen molar-refractivity contribution in [3.63, 3.8) is 0 Å². The van der Waals surface area contributed by atoms with Gasteiger partial charge in [0, 0.05) is 12.5 Å². The van der Waals surface area contributed by atoms with E-state index in [2.05, 4.69) is 39.5 Å². The molecule has 0 aliphatic carbocycles. The molecule has 31 heavy (non-hydrogen) atoms. The Morgan fingerprint density at radius 2 is 1.65 bits per heavy atom. The molecular formula is C27H41FO3. The van der Waals surface area contributed by atoms with Crippen LogP contribution in [-0.4, -0.2) is 19.3 Å². The number of alkyl halides is 1. The molecule has 0 aliphatic rings. The second-order valence-electron chi connectivity index (χ2n) is 6.89. The predicted octanol–water partition coefficient (Wildman–Crippen LogP) is 7.88. The summed E-state index contributed by atoms with van der Waals surface area (Å²) < 4.78 is 22.5. The Balaban J connectivity index is 0. The van der Waals surface area contributed by atoms with Gasteiger partial charge in [-0.1, -0.05) is 58.0 Å². The van der Waals surface area contributed by atoms with Gasteiger partial charge in [-0.25, -0.2) is 4.39 Å². The molecular weight excluding hydrogens is 391 g/mol. The summed E-state index contributed by atoms with van der Waals surface area (Å²) in [5.41, 5.74) is 4.81. The van der Waals surface area contributed by atoms with E-state index in [-0.39, 0.29) is 5.78 Å². The van der Waals surface area contributed by atoms with Gasteiger partial charge in [0.2, 0.25) is 6.36 Å². The fourth-order valence-electron chi connectivity index (χ4n) is 2.28. The van der Waals surface area contributed by atoms with Crippen LogP contribution in [0.4, 0.5) is 4.39 Å². The van der Waals surface area contributed by atoms with Gasteiger partial charge in [0.15, 0.2) is 0 Å². The molecule has 0 fully saturated rings. The molecule has 1 atom stereocenters. The Morgan fingerprint density at radius 1 is 1.06 bits per heavy atom. The lowest BCUT2D eigenvalue weighted by Gasteiger charge is -2.07. The summed E-state index contributed by atoms with van der Waals surface area (Å²) in [5, 5.41) is 0. The summed E-state index contributed by atoms with van der Waals surface area (Å²) in [4.78, 5) is 9.44. The van der Waals surface area contributed by atoms with Gasteiger partial charge in [0.05, 0.1) is 7.11 Å². The van der Waals surface area contributed by atoms with Gasteiger partial charge >= 0.3 is 0 Å². The van der Waals surface area contributed by atoms with Gasteiger partial charge in [0.25, 0.3) is 0 Å². The average Bonchev–Trinajstić information content (AvgIpc) is 2.71. The van der Waals surface area contributed by atoms with Crippen molar-refractivity contribution in [3.05, 3.63) is 71.3 Å². The summed E-state index contributed by atoms with van der Waals surface area (Å²) in [6.07, 6.45) is 0.865. The molecule has 174 valence electrons. The average molecular weight is 433 g/mol. The van der Waals surface area contributed by atoms with Gasteiger partial charge in [-0.3, -0.25) is 0 Å². The van der Waals surface area contributed by atoms with E-state index in [0.717, 1.165) is 24.2 Å². The topological polar surface area (TPSA) is 35.5 Å². The van der Waals surface area contributed by atoms with E-state index in [1.54, 1.807) is 13.2 Å². The zero-order valence-corrected chi connectivity index (χ0v) is 20.8. The first-order valence-corrected chi connectivity index (χ1v) is 10.8. The molecule has 0 amide bonds. The van der Waals surface area contributed by atoms with Crippen molar-refractivity contribution in [3.8, 4) is 5.75 Å². The highest BCUT2D eigenvalue weighted by atomic mass is 19.1. The second kappa shape index (κ2) is 18.2. The van der Waals surface area contributed by atoms with Gasteiger partial charge in [-0.05, 0) is 69.0 Å². The molecule has 2 rings (SSSR count). The van der Waals surface area contributed by atoms with Crippen molar-refractivity contribution in [1.29, 1.82) is 0 Å². The summed E-state index contributed by atoms with van der Waals surface area (Å²) in [6.45, 7) is 18.5. The molecule has 0 aromatic heterocycles. The number of methoxy groups -OCH3 is 1. The number of halogens is 1. The third kappa shape index (κ3) is 15.8. The number of rotatable bonds is 6. The van der Waals surface area contributed by atoms with Crippen molar-refractivity contribution >= 4 is 11.5 Å². The Morgan fingerprint density at radius 3 is 2.10 bits per heavy atom. The Bertz CT molecular complexity index is 763. The minimum atomic E-state index is -1.24. The molecule has 1 unspecified atom stereocenters. The standard InChI is InChI=1S/C11H15FO.C11H14O.C3H6O.C2H6/c1-3-5-10-6-4-7-11(8-10)13-9(2)12;1-8-5-6-11(7-9(8)2)10(3)12-4;1-3(2)4;1-2/h4,6-9H,3,5H2,1-2H3;5-7H,3H2,1-2,4H3;1-2H3;1-2H3. The largest absolute Gasteiger partial charge is 0.497 e. The lowest BCUT2D eigenvalue weighted by atomic mass is 10.1. The Labute approximate surface area is 189 Å². The maximum absolute atomic E-state index is 12.5. The van der Waals surface area contributed by atoms with Crippen molar-refractivity contribution in [1.82, 2.24) is 0 Å². The highest BCUT2D eigenvalue weighted by Crippen LogP contribution is 2.17. The Kier molecular flexibility index (Phi) is 17.9. The highest BCUT2D eigenvalue weighted by Gasteiger charge is 2.01. The maximum atomic E-state index is 12.5. The smallest absolute Gasteiger partial charge is 0.235 e. The number of aryl methyl sites for hydroxylation is 3. The zero-order valence-electron chi connectivity index (χ0n) is 20.8. The van der Waals surface area contributed by atoms with Crippen LogP contribution in [0.5, 0.6) is 5.75 Å². The summed E-state index contributed by atoms with van der Waals surface area (Å²) >= 11 is 0. The maximum Gasteiger partial charge on any atom is 0.235 e. The first-order valence-electron chi connectivity index (χ1n) is 10.8. The van der Waals surface area contributed by atoms with Crippen molar-refractivity contribution in [2.45, 2.75) is 74.6 Å². The normalized spacial score (nSPS) is 10.0. The van der Waals surface area contributed by atoms with Crippen LogP contribution in [-0.2, 0) is 16.0 Å². The van der Waals surface area contributed by atoms with Crippen molar-refractivity contribution < 1.29 is 18.7 Å². The molecule has 2 aromatic rings.